The van der Waals surface area contributed by atoms with Crippen LogP contribution in [0.5, 0.6) is 0 Å². The molecule has 0 spiro atoms. The van der Waals surface area contributed by atoms with E-state index in [1.54, 1.807) is 12.1 Å². The van der Waals surface area contributed by atoms with E-state index in [2.05, 4.69) is 10.6 Å². The highest BCUT2D eigenvalue weighted by Gasteiger charge is 2.26. The molecule has 118 valence electrons. The van der Waals surface area contributed by atoms with Crippen LogP contribution in [0, 0.1) is 11.8 Å². The van der Waals surface area contributed by atoms with Crippen molar-refractivity contribution >= 4 is 23.2 Å². The van der Waals surface area contributed by atoms with Crippen LogP contribution in [0.15, 0.2) is 17.5 Å². The first kappa shape index (κ1) is 17.7. The molecule has 5 nitrogen and oxygen atoms in total. The first-order chi connectivity index (χ1) is 9.86. The van der Waals surface area contributed by atoms with E-state index in [0.717, 1.165) is 0 Å². The van der Waals surface area contributed by atoms with E-state index in [-0.39, 0.29) is 36.3 Å². The summed E-state index contributed by atoms with van der Waals surface area (Å²) in [6.45, 7) is 7.49. The molecule has 6 heteroatoms. The van der Waals surface area contributed by atoms with Crippen LogP contribution in [0.4, 0.5) is 0 Å². The standard InChI is InChI=1S/C15H24N2O3S/c1-9(2)13(15(20)16-11(4)10(3)8-18)17-14(19)12-6-5-7-21-12/h5-7,9-11,13,18H,8H2,1-4H3,(H,16,20)(H,17,19). The fraction of sp³-hybridized carbons (Fsp3) is 0.600. The number of carbonyl (C=O) groups is 2. The van der Waals surface area contributed by atoms with Gasteiger partial charge in [-0.25, -0.2) is 0 Å². The lowest BCUT2D eigenvalue weighted by Gasteiger charge is -2.26. The van der Waals surface area contributed by atoms with Crippen LogP contribution in [0.3, 0.4) is 0 Å². The minimum atomic E-state index is -0.590. The Morgan fingerprint density at radius 2 is 1.90 bits per heavy atom. The average Bonchev–Trinajstić information content (AvgIpc) is 2.96. The van der Waals surface area contributed by atoms with Gasteiger partial charge in [0.2, 0.25) is 5.91 Å². The molecule has 0 saturated carbocycles. The summed E-state index contributed by atoms with van der Waals surface area (Å²) < 4.78 is 0. The van der Waals surface area contributed by atoms with Gasteiger partial charge in [-0.15, -0.1) is 11.3 Å². The minimum Gasteiger partial charge on any atom is -0.396 e. The Morgan fingerprint density at radius 1 is 1.24 bits per heavy atom. The van der Waals surface area contributed by atoms with Crippen LogP contribution in [-0.2, 0) is 4.79 Å². The van der Waals surface area contributed by atoms with E-state index < -0.39 is 6.04 Å². The fourth-order valence-corrected chi connectivity index (χ4v) is 2.40. The predicted molar refractivity (Wildman–Crippen MR) is 84.3 cm³/mol. The molecule has 1 heterocycles. The Bertz CT molecular complexity index is 459. The van der Waals surface area contributed by atoms with Crippen LogP contribution in [0.25, 0.3) is 0 Å². The van der Waals surface area contributed by atoms with Crippen LogP contribution < -0.4 is 10.6 Å². The Labute approximate surface area is 129 Å². The van der Waals surface area contributed by atoms with Gasteiger partial charge in [-0.1, -0.05) is 26.8 Å². The molecule has 21 heavy (non-hydrogen) atoms. The van der Waals surface area contributed by atoms with E-state index in [1.165, 1.54) is 11.3 Å². The highest BCUT2D eigenvalue weighted by molar-refractivity contribution is 7.12. The number of amides is 2. The first-order valence-corrected chi connectivity index (χ1v) is 8.00. The lowest BCUT2D eigenvalue weighted by molar-refractivity contribution is -0.125. The molecule has 0 saturated heterocycles. The van der Waals surface area contributed by atoms with Gasteiger partial charge in [0, 0.05) is 12.6 Å². The van der Waals surface area contributed by atoms with Gasteiger partial charge in [-0.2, -0.15) is 0 Å². The monoisotopic (exact) mass is 312 g/mol. The molecule has 2 amide bonds. The van der Waals surface area contributed by atoms with E-state index in [0.29, 0.717) is 4.88 Å². The van der Waals surface area contributed by atoms with Crippen molar-refractivity contribution in [2.24, 2.45) is 11.8 Å². The summed E-state index contributed by atoms with van der Waals surface area (Å²) in [5.41, 5.74) is 0. The molecule has 0 aromatic carbocycles. The van der Waals surface area contributed by atoms with Crippen molar-refractivity contribution in [3.05, 3.63) is 22.4 Å². The molecular weight excluding hydrogens is 288 g/mol. The third-order valence-corrected chi connectivity index (χ3v) is 4.36. The van der Waals surface area contributed by atoms with Gasteiger partial charge in [0.05, 0.1) is 4.88 Å². The molecule has 1 aromatic heterocycles. The quantitative estimate of drug-likeness (QED) is 0.716. The van der Waals surface area contributed by atoms with E-state index in [1.807, 2.05) is 33.1 Å². The highest BCUT2D eigenvalue weighted by Crippen LogP contribution is 2.11. The third kappa shape index (κ3) is 5.13. The molecule has 0 aliphatic rings. The molecular formula is C15H24N2O3S. The number of hydrogen-bond donors (Lipinski definition) is 3. The molecule has 0 bridgehead atoms. The second-order valence-corrected chi connectivity index (χ2v) is 6.58. The Morgan fingerprint density at radius 3 is 2.38 bits per heavy atom. The maximum Gasteiger partial charge on any atom is 0.262 e. The number of carbonyl (C=O) groups excluding carboxylic acids is 2. The second kappa shape index (κ2) is 8.14. The number of rotatable bonds is 7. The largest absolute Gasteiger partial charge is 0.396 e. The molecule has 1 aromatic rings. The number of aliphatic hydroxyl groups excluding tert-OH is 1. The zero-order valence-corrected chi connectivity index (χ0v) is 13.7. The number of aliphatic hydroxyl groups is 1. The molecule has 0 radical (unpaired) electrons. The normalized spacial score (nSPS) is 15.3. The smallest absolute Gasteiger partial charge is 0.262 e. The summed E-state index contributed by atoms with van der Waals surface area (Å²) in [4.78, 5) is 25.0. The minimum absolute atomic E-state index is 0.00927. The zero-order chi connectivity index (χ0) is 16.0. The van der Waals surface area contributed by atoms with Crippen LogP contribution in [-0.4, -0.2) is 35.6 Å². The van der Waals surface area contributed by atoms with E-state index in [4.69, 9.17) is 5.11 Å². The summed E-state index contributed by atoms with van der Waals surface area (Å²) in [6.07, 6.45) is 0. The molecule has 3 atom stereocenters. The third-order valence-electron chi connectivity index (χ3n) is 3.49. The molecule has 0 fully saturated rings. The Hall–Kier alpha value is -1.40. The predicted octanol–water partition coefficient (Wildman–Crippen LogP) is 1.64. The summed E-state index contributed by atoms with van der Waals surface area (Å²) in [7, 11) is 0. The molecule has 0 aliphatic heterocycles. The van der Waals surface area contributed by atoms with Crippen molar-refractivity contribution < 1.29 is 14.7 Å². The van der Waals surface area contributed by atoms with Crippen molar-refractivity contribution in [3.8, 4) is 0 Å². The zero-order valence-electron chi connectivity index (χ0n) is 12.9. The van der Waals surface area contributed by atoms with Gasteiger partial charge in [0.15, 0.2) is 0 Å². The summed E-state index contributed by atoms with van der Waals surface area (Å²) in [6, 6.07) is 2.79. The SMILES string of the molecule is CC(C)C(NC(=O)c1cccs1)C(=O)NC(C)C(C)CO. The number of thiophene rings is 1. The van der Waals surface area contributed by atoms with Gasteiger partial charge in [-0.05, 0) is 30.2 Å². The Kier molecular flexibility index (Phi) is 6.84. The van der Waals surface area contributed by atoms with Gasteiger partial charge in [0.25, 0.3) is 5.91 Å². The average molecular weight is 312 g/mol. The van der Waals surface area contributed by atoms with Gasteiger partial charge in [0.1, 0.15) is 6.04 Å². The lowest BCUT2D eigenvalue weighted by Crippen LogP contribution is -2.52. The summed E-state index contributed by atoms with van der Waals surface area (Å²) in [5.74, 6) is -0.510. The van der Waals surface area contributed by atoms with Crippen LogP contribution in [0.2, 0.25) is 0 Å². The van der Waals surface area contributed by atoms with Gasteiger partial charge < -0.3 is 15.7 Å². The van der Waals surface area contributed by atoms with Crippen molar-refractivity contribution in [1.29, 1.82) is 0 Å². The van der Waals surface area contributed by atoms with E-state index in [9.17, 15) is 9.59 Å². The highest BCUT2D eigenvalue weighted by atomic mass is 32.1. The number of nitrogens with one attached hydrogen (secondary N) is 2. The van der Waals surface area contributed by atoms with Gasteiger partial charge in [-0.3, -0.25) is 9.59 Å². The van der Waals surface area contributed by atoms with E-state index >= 15 is 0 Å². The van der Waals surface area contributed by atoms with Crippen molar-refractivity contribution in [2.45, 2.75) is 39.8 Å². The van der Waals surface area contributed by atoms with Crippen LogP contribution >= 0.6 is 11.3 Å². The van der Waals surface area contributed by atoms with Crippen LogP contribution in [0.1, 0.15) is 37.4 Å². The molecule has 3 unspecified atom stereocenters. The molecule has 3 N–H and O–H groups in total. The molecule has 0 aliphatic carbocycles. The van der Waals surface area contributed by atoms with Crippen molar-refractivity contribution in [1.82, 2.24) is 10.6 Å². The summed E-state index contributed by atoms with van der Waals surface area (Å²) >= 11 is 1.34. The van der Waals surface area contributed by atoms with Gasteiger partial charge >= 0.3 is 0 Å². The maximum absolute atomic E-state index is 12.3. The molecule has 1 rings (SSSR count). The summed E-state index contributed by atoms with van der Waals surface area (Å²) in [5, 5.41) is 16.6. The Balaban J connectivity index is 2.68. The van der Waals surface area contributed by atoms with Crippen molar-refractivity contribution in [2.75, 3.05) is 6.61 Å². The topological polar surface area (TPSA) is 78.4 Å². The number of hydrogen-bond acceptors (Lipinski definition) is 4. The second-order valence-electron chi connectivity index (χ2n) is 5.63. The first-order valence-electron chi connectivity index (χ1n) is 7.12. The fourth-order valence-electron chi connectivity index (χ4n) is 1.77. The van der Waals surface area contributed by atoms with Crippen molar-refractivity contribution in [3.63, 3.8) is 0 Å². The lowest BCUT2D eigenvalue weighted by atomic mass is 10.0. The maximum atomic E-state index is 12.3.